The van der Waals surface area contributed by atoms with Gasteiger partial charge in [-0.1, -0.05) is 25.6 Å². The van der Waals surface area contributed by atoms with Gasteiger partial charge in [0.05, 0.1) is 13.7 Å². The molecule has 0 N–H and O–H groups in total. The van der Waals surface area contributed by atoms with Crippen molar-refractivity contribution in [3.8, 4) is 5.75 Å². The maximum atomic E-state index is 11.8. The van der Waals surface area contributed by atoms with Crippen LogP contribution in [-0.2, 0) is 16.1 Å². The number of hydrogen-bond acceptors (Lipinski definition) is 4. The average molecular weight is 275 g/mol. The van der Waals surface area contributed by atoms with Gasteiger partial charge in [-0.15, -0.1) is 0 Å². The van der Waals surface area contributed by atoms with E-state index in [1.54, 1.807) is 7.11 Å². The number of carbonyl (C=O) groups is 1. The molecule has 0 aromatic heterocycles. The summed E-state index contributed by atoms with van der Waals surface area (Å²) in [5, 5.41) is 0. The molecule has 2 rings (SSSR count). The van der Waals surface area contributed by atoms with E-state index in [1.807, 2.05) is 31.2 Å². The van der Waals surface area contributed by atoms with Crippen molar-refractivity contribution in [3.05, 3.63) is 42.0 Å². The third-order valence-corrected chi connectivity index (χ3v) is 3.44. The third kappa shape index (κ3) is 3.61. The van der Waals surface area contributed by atoms with Crippen LogP contribution in [0.25, 0.3) is 0 Å². The lowest BCUT2D eigenvalue weighted by Gasteiger charge is -2.19. The van der Waals surface area contributed by atoms with Crippen molar-refractivity contribution in [1.82, 2.24) is 4.90 Å². The summed E-state index contributed by atoms with van der Waals surface area (Å²) < 4.78 is 10.5. The van der Waals surface area contributed by atoms with Crippen molar-refractivity contribution in [2.45, 2.75) is 26.0 Å². The Bertz CT molecular complexity index is 481. The molecule has 0 spiro atoms. The zero-order chi connectivity index (χ0) is 14.5. The molecule has 1 aliphatic rings. The van der Waals surface area contributed by atoms with Crippen molar-refractivity contribution < 1.29 is 14.3 Å². The summed E-state index contributed by atoms with van der Waals surface area (Å²) in [6.07, 6.45) is 0.629. The zero-order valence-electron chi connectivity index (χ0n) is 12.1. The molecule has 4 nitrogen and oxygen atoms in total. The number of carbonyl (C=O) groups excluding carboxylic acids is 1. The minimum Gasteiger partial charge on any atom is -0.497 e. The summed E-state index contributed by atoms with van der Waals surface area (Å²) in [4.78, 5) is 13.8. The summed E-state index contributed by atoms with van der Waals surface area (Å²) in [6.45, 7) is 7.74. The van der Waals surface area contributed by atoms with Crippen molar-refractivity contribution in [1.29, 1.82) is 0 Å². The van der Waals surface area contributed by atoms with Gasteiger partial charge in [0.2, 0.25) is 0 Å². The van der Waals surface area contributed by atoms with Crippen LogP contribution in [0.4, 0.5) is 0 Å². The first-order valence-electron chi connectivity index (χ1n) is 6.84. The second kappa shape index (κ2) is 6.57. The molecule has 0 saturated carbocycles. The summed E-state index contributed by atoms with van der Waals surface area (Å²) >= 11 is 0. The van der Waals surface area contributed by atoms with Crippen LogP contribution in [0.5, 0.6) is 5.75 Å². The number of rotatable bonds is 4. The molecule has 1 fully saturated rings. The van der Waals surface area contributed by atoms with E-state index in [4.69, 9.17) is 9.47 Å². The molecule has 0 unspecified atom stereocenters. The summed E-state index contributed by atoms with van der Waals surface area (Å²) in [7, 11) is 1.65. The molecule has 1 aromatic rings. The lowest BCUT2D eigenvalue weighted by molar-refractivity contribution is -0.146. The van der Waals surface area contributed by atoms with Gasteiger partial charge in [-0.3, -0.25) is 9.69 Å². The van der Waals surface area contributed by atoms with E-state index in [0.717, 1.165) is 23.3 Å². The number of hydrogen-bond donors (Lipinski definition) is 0. The first kappa shape index (κ1) is 14.6. The Morgan fingerprint density at radius 1 is 1.35 bits per heavy atom. The highest BCUT2D eigenvalue weighted by Crippen LogP contribution is 2.18. The Labute approximate surface area is 120 Å². The fraction of sp³-hybridized carbons (Fsp3) is 0.438. The molecule has 0 radical (unpaired) electrons. The maximum Gasteiger partial charge on any atom is 0.320 e. The van der Waals surface area contributed by atoms with Crippen LogP contribution in [0.3, 0.4) is 0 Å². The largest absolute Gasteiger partial charge is 0.497 e. The van der Waals surface area contributed by atoms with Gasteiger partial charge in [-0.2, -0.15) is 0 Å². The molecule has 1 atom stereocenters. The molecular weight excluding hydrogens is 254 g/mol. The molecule has 20 heavy (non-hydrogen) atoms. The number of methoxy groups -OCH3 is 1. The van der Waals surface area contributed by atoms with Gasteiger partial charge in [0.1, 0.15) is 11.9 Å². The fourth-order valence-electron chi connectivity index (χ4n) is 2.38. The van der Waals surface area contributed by atoms with Gasteiger partial charge in [-0.05, 0) is 29.7 Å². The van der Waals surface area contributed by atoms with E-state index in [2.05, 4.69) is 11.5 Å². The van der Waals surface area contributed by atoms with Crippen molar-refractivity contribution in [3.63, 3.8) is 0 Å². The Kier molecular flexibility index (Phi) is 4.79. The highest BCUT2D eigenvalue weighted by molar-refractivity contribution is 5.72. The Morgan fingerprint density at radius 2 is 2.05 bits per heavy atom. The highest BCUT2D eigenvalue weighted by Gasteiger charge is 2.24. The Balaban J connectivity index is 2.04. The highest BCUT2D eigenvalue weighted by atomic mass is 16.5. The molecule has 1 aliphatic heterocycles. The molecular formula is C16H21NO3. The standard InChI is InChI=1S/C16H21NO3/c1-4-15-12(2)9-17(11-16(18)20-15)10-13-5-7-14(19-3)8-6-13/h5-8,15H,2,4,9-11H2,1,3H3/t15-/m0/s1. The molecule has 108 valence electrons. The van der Waals surface area contributed by atoms with Crippen LogP contribution in [0, 0.1) is 0 Å². The van der Waals surface area contributed by atoms with Gasteiger partial charge in [0.15, 0.2) is 0 Å². The predicted octanol–water partition coefficient (Wildman–Crippen LogP) is 2.39. The SMILES string of the molecule is C=C1CN(Cc2ccc(OC)cc2)CC(=O)O[C@H]1CC. The predicted molar refractivity (Wildman–Crippen MR) is 77.6 cm³/mol. The van der Waals surface area contributed by atoms with Crippen molar-refractivity contribution >= 4 is 5.97 Å². The summed E-state index contributed by atoms with van der Waals surface area (Å²) in [5.41, 5.74) is 2.10. The van der Waals surface area contributed by atoms with Crippen LogP contribution in [0.15, 0.2) is 36.4 Å². The van der Waals surface area contributed by atoms with Gasteiger partial charge < -0.3 is 9.47 Å². The number of cyclic esters (lactones) is 1. The Morgan fingerprint density at radius 3 is 2.65 bits per heavy atom. The van der Waals surface area contributed by atoms with E-state index < -0.39 is 0 Å². The number of ether oxygens (including phenoxy) is 2. The van der Waals surface area contributed by atoms with Crippen molar-refractivity contribution in [2.24, 2.45) is 0 Å². The van der Waals surface area contributed by atoms with Gasteiger partial charge in [0.25, 0.3) is 0 Å². The normalized spacial score (nSPS) is 20.4. The minimum absolute atomic E-state index is 0.150. The van der Waals surface area contributed by atoms with Gasteiger partial charge in [0, 0.05) is 13.1 Å². The van der Waals surface area contributed by atoms with E-state index in [-0.39, 0.29) is 12.1 Å². The molecule has 0 bridgehead atoms. The second-order valence-corrected chi connectivity index (χ2v) is 5.04. The van der Waals surface area contributed by atoms with Gasteiger partial charge in [-0.25, -0.2) is 0 Å². The maximum absolute atomic E-state index is 11.8. The summed E-state index contributed by atoms with van der Waals surface area (Å²) in [6, 6.07) is 7.87. The fourth-order valence-corrected chi connectivity index (χ4v) is 2.38. The second-order valence-electron chi connectivity index (χ2n) is 5.04. The Hall–Kier alpha value is -1.81. The summed E-state index contributed by atoms with van der Waals surface area (Å²) in [5.74, 6) is 0.656. The van der Waals surface area contributed by atoms with Gasteiger partial charge >= 0.3 is 5.97 Å². The molecule has 4 heteroatoms. The van der Waals surface area contributed by atoms with E-state index in [9.17, 15) is 4.79 Å². The van der Waals surface area contributed by atoms with Crippen LogP contribution >= 0.6 is 0 Å². The lowest BCUT2D eigenvalue weighted by Crippen LogP contribution is -2.28. The van der Waals surface area contributed by atoms with Crippen LogP contribution in [0.2, 0.25) is 0 Å². The smallest absolute Gasteiger partial charge is 0.320 e. The van der Waals surface area contributed by atoms with Crippen LogP contribution < -0.4 is 4.74 Å². The molecule has 0 aliphatic carbocycles. The molecule has 0 amide bonds. The molecule has 1 heterocycles. The van der Waals surface area contributed by atoms with E-state index >= 15 is 0 Å². The number of esters is 1. The van der Waals surface area contributed by atoms with Crippen molar-refractivity contribution in [2.75, 3.05) is 20.2 Å². The topological polar surface area (TPSA) is 38.8 Å². The number of benzene rings is 1. The molecule has 1 saturated heterocycles. The van der Waals surface area contributed by atoms with Crippen LogP contribution in [0.1, 0.15) is 18.9 Å². The third-order valence-electron chi connectivity index (χ3n) is 3.44. The average Bonchev–Trinajstić information content (AvgIpc) is 2.58. The first-order valence-corrected chi connectivity index (χ1v) is 6.84. The molecule has 1 aromatic carbocycles. The monoisotopic (exact) mass is 275 g/mol. The lowest BCUT2D eigenvalue weighted by atomic mass is 10.1. The zero-order valence-corrected chi connectivity index (χ0v) is 12.1. The van der Waals surface area contributed by atoms with Crippen LogP contribution in [-0.4, -0.2) is 37.2 Å². The first-order chi connectivity index (χ1) is 9.62. The van der Waals surface area contributed by atoms with E-state index in [1.165, 1.54) is 0 Å². The minimum atomic E-state index is -0.177. The van der Waals surface area contributed by atoms with E-state index in [0.29, 0.717) is 19.6 Å². The number of nitrogens with zero attached hydrogens (tertiary/aromatic N) is 1. The quantitative estimate of drug-likeness (QED) is 0.625.